The van der Waals surface area contributed by atoms with Crippen LogP contribution in [0.4, 0.5) is 5.69 Å². The lowest BCUT2D eigenvalue weighted by molar-refractivity contribution is -0.139. The van der Waals surface area contributed by atoms with E-state index in [1.54, 1.807) is 62.6 Å². The van der Waals surface area contributed by atoms with E-state index in [1.165, 1.54) is 17.0 Å². The second-order valence-electron chi connectivity index (χ2n) is 9.67. The van der Waals surface area contributed by atoms with Gasteiger partial charge < -0.3 is 15.0 Å². The highest BCUT2D eigenvalue weighted by molar-refractivity contribution is 9.10. The van der Waals surface area contributed by atoms with Crippen LogP contribution in [0.1, 0.15) is 38.3 Å². The Balaban J connectivity index is 2.02. The summed E-state index contributed by atoms with van der Waals surface area (Å²) in [7, 11) is -2.55. The van der Waals surface area contributed by atoms with Gasteiger partial charge in [0.25, 0.3) is 10.0 Å². The van der Waals surface area contributed by atoms with E-state index in [0.717, 1.165) is 21.9 Å². The molecule has 0 aliphatic carbocycles. The largest absolute Gasteiger partial charge is 0.497 e. The number of ether oxygens (including phenoxy) is 1. The van der Waals surface area contributed by atoms with E-state index in [4.69, 9.17) is 4.74 Å². The normalized spacial score (nSPS) is 12.8. The molecule has 2 amide bonds. The SMILES string of the molecule is CC[C@@H](C)NC(=O)[C@@H](C)N(Cc1ccc(OC)cc1)C(=O)CN(c1cccc(Br)c1)S(=O)(=O)c1ccc(C)cc1. The summed E-state index contributed by atoms with van der Waals surface area (Å²) in [6.45, 7) is 6.98. The number of aryl methyl sites for hydroxylation is 1. The minimum absolute atomic E-state index is 0.0649. The first kappa shape index (κ1) is 31.2. The molecule has 0 aliphatic heterocycles. The molecule has 0 aliphatic rings. The summed E-state index contributed by atoms with van der Waals surface area (Å²) in [6.07, 6.45) is 0.732. The maximum Gasteiger partial charge on any atom is 0.264 e. The molecule has 3 rings (SSSR count). The van der Waals surface area contributed by atoms with E-state index in [0.29, 0.717) is 15.9 Å². The number of nitrogens with zero attached hydrogens (tertiary/aromatic N) is 2. The molecule has 3 aromatic rings. The third-order valence-corrected chi connectivity index (χ3v) is 8.95. The van der Waals surface area contributed by atoms with Gasteiger partial charge >= 0.3 is 0 Å². The Kier molecular flexibility index (Phi) is 10.8. The predicted octanol–water partition coefficient (Wildman–Crippen LogP) is 5.29. The Morgan fingerprint density at radius 2 is 1.65 bits per heavy atom. The molecule has 0 unspecified atom stereocenters. The lowest BCUT2D eigenvalue weighted by atomic mass is 10.1. The highest BCUT2D eigenvalue weighted by atomic mass is 79.9. The van der Waals surface area contributed by atoms with Crippen LogP contribution in [0.5, 0.6) is 5.75 Å². The van der Waals surface area contributed by atoms with Gasteiger partial charge in [0.15, 0.2) is 0 Å². The quantitative estimate of drug-likeness (QED) is 0.294. The number of hydrogen-bond acceptors (Lipinski definition) is 5. The van der Waals surface area contributed by atoms with E-state index < -0.39 is 28.5 Å². The summed E-state index contributed by atoms with van der Waals surface area (Å²) >= 11 is 3.41. The Morgan fingerprint density at radius 3 is 2.23 bits per heavy atom. The van der Waals surface area contributed by atoms with Gasteiger partial charge in [0.2, 0.25) is 11.8 Å². The molecule has 214 valence electrons. The van der Waals surface area contributed by atoms with Crippen LogP contribution in [0.25, 0.3) is 0 Å². The van der Waals surface area contributed by atoms with Gasteiger partial charge in [0, 0.05) is 17.1 Å². The number of anilines is 1. The Hall–Kier alpha value is -3.37. The van der Waals surface area contributed by atoms with Crippen molar-refractivity contribution in [2.24, 2.45) is 0 Å². The molecule has 0 aromatic heterocycles. The van der Waals surface area contributed by atoms with E-state index >= 15 is 0 Å². The summed E-state index contributed by atoms with van der Waals surface area (Å²) < 4.78 is 34.7. The van der Waals surface area contributed by atoms with Gasteiger partial charge in [-0.3, -0.25) is 13.9 Å². The smallest absolute Gasteiger partial charge is 0.264 e. The van der Waals surface area contributed by atoms with Crippen molar-refractivity contribution in [2.75, 3.05) is 18.0 Å². The van der Waals surface area contributed by atoms with Crippen molar-refractivity contribution in [1.82, 2.24) is 10.2 Å². The average molecular weight is 631 g/mol. The van der Waals surface area contributed by atoms with E-state index in [-0.39, 0.29) is 23.4 Å². The fourth-order valence-corrected chi connectivity index (χ4v) is 5.77. The number of benzene rings is 3. The number of carbonyl (C=O) groups is 2. The van der Waals surface area contributed by atoms with Crippen LogP contribution in [0.15, 0.2) is 82.2 Å². The molecule has 10 heteroatoms. The van der Waals surface area contributed by atoms with Crippen LogP contribution < -0.4 is 14.4 Å². The molecule has 3 aromatic carbocycles. The molecular weight excluding hydrogens is 594 g/mol. The van der Waals surface area contributed by atoms with Crippen LogP contribution >= 0.6 is 15.9 Å². The summed E-state index contributed by atoms with van der Waals surface area (Å²) in [4.78, 5) is 28.6. The Labute approximate surface area is 245 Å². The number of halogens is 1. The fraction of sp³-hybridized carbons (Fsp3) is 0.333. The van der Waals surface area contributed by atoms with Gasteiger partial charge in [-0.15, -0.1) is 0 Å². The third kappa shape index (κ3) is 7.85. The molecule has 8 nitrogen and oxygen atoms in total. The highest BCUT2D eigenvalue weighted by Gasteiger charge is 2.32. The first-order valence-corrected chi connectivity index (χ1v) is 15.3. The average Bonchev–Trinajstić information content (AvgIpc) is 2.94. The minimum Gasteiger partial charge on any atom is -0.497 e. The number of nitrogens with one attached hydrogen (secondary N) is 1. The zero-order chi connectivity index (χ0) is 29.4. The van der Waals surface area contributed by atoms with Gasteiger partial charge in [-0.05, 0) is 75.2 Å². The number of hydrogen-bond donors (Lipinski definition) is 1. The Morgan fingerprint density at radius 1 is 1.00 bits per heavy atom. The molecule has 0 spiro atoms. The van der Waals surface area contributed by atoms with Gasteiger partial charge in [-0.2, -0.15) is 0 Å². The lowest BCUT2D eigenvalue weighted by Gasteiger charge is -2.32. The van der Waals surface area contributed by atoms with Crippen molar-refractivity contribution in [2.45, 2.75) is 57.6 Å². The zero-order valence-electron chi connectivity index (χ0n) is 23.4. The summed E-state index contributed by atoms with van der Waals surface area (Å²) in [5, 5.41) is 2.93. The maximum absolute atomic E-state index is 14.0. The van der Waals surface area contributed by atoms with Crippen molar-refractivity contribution in [3.8, 4) is 5.75 Å². The van der Waals surface area contributed by atoms with Crippen LogP contribution in [-0.4, -0.2) is 50.9 Å². The lowest BCUT2D eigenvalue weighted by Crippen LogP contribution is -2.52. The van der Waals surface area contributed by atoms with Crippen molar-refractivity contribution in [3.63, 3.8) is 0 Å². The summed E-state index contributed by atoms with van der Waals surface area (Å²) in [5.41, 5.74) is 2.01. The molecule has 0 heterocycles. The molecule has 0 saturated carbocycles. The number of rotatable bonds is 12. The monoisotopic (exact) mass is 629 g/mol. The molecule has 0 fully saturated rings. The third-order valence-electron chi connectivity index (χ3n) is 6.66. The number of methoxy groups -OCH3 is 1. The molecule has 1 N–H and O–H groups in total. The number of carbonyl (C=O) groups excluding carboxylic acids is 2. The minimum atomic E-state index is -4.12. The van der Waals surface area contributed by atoms with Crippen molar-refractivity contribution in [1.29, 1.82) is 0 Å². The molecule has 0 radical (unpaired) electrons. The van der Waals surface area contributed by atoms with E-state index in [2.05, 4.69) is 21.2 Å². The van der Waals surface area contributed by atoms with Crippen molar-refractivity contribution < 1.29 is 22.7 Å². The second kappa shape index (κ2) is 13.8. The molecule has 2 atom stereocenters. The predicted molar refractivity (Wildman–Crippen MR) is 161 cm³/mol. The fourth-order valence-electron chi connectivity index (χ4n) is 3.97. The van der Waals surface area contributed by atoms with Gasteiger partial charge in [0.1, 0.15) is 18.3 Å². The first-order valence-electron chi connectivity index (χ1n) is 13.0. The first-order chi connectivity index (χ1) is 19.0. The molecule has 40 heavy (non-hydrogen) atoms. The van der Waals surface area contributed by atoms with Gasteiger partial charge in [-0.1, -0.05) is 58.7 Å². The van der Waals surface area contributed by atoms with Crippen LogP contribution in [0.2, 0.25) is 0 Å². The summed E-state index contributed by atoms with van der Waals surface area (Å²) in [5.74, 6) is -0.167. The van der Waals surface area contributed by atoms with E-state index in [9.17, 15) is 18.0 Å². The number of amides is 2. The Bertz CT molecular complexity index is 1410. The standard InChI is InChI=1S/C30H36BrN3O5S/c1-6-22(3)32-30(36)23(4)33(19-24-12-14-27(39-5)15-13-24)29(35)20-34(26-9-7-8-25(31)18-26)40(37,38)28-16-10-21(2)11-17-28/h7-18,22-23H,6,19-20H2,1-5H3,(H,32,36)/t22-,23-/m1/s1. The molecular formula is C30H36BrN3O5S. The second-order valence-corrected chi connectivity index (χ2v) is 12.4. The van der Waals surface area contributed by atoms with Crippen LogP contribution in [-0.2, 0) is 26.2 Å². The number of sulfonamides is 1. The zero-order valence-corrected chi connectivity index (χ0v) is 25.8. The van der Waals surface area contributed by atoms with Crippen molar-refractivity contribution in [3.05, 3.63) is 88.4 Å². The van der Waals surface area contributed by atoms with E-state index in [1.807, 2.05) is 32.9 Å². The van der Waals surface area contributed by atoms with Crippen molar-refractivity contribution >= 4 is 43.5 Å². The van der Waals surface area contributed by atoms with Crippen LogP contribution in [0, 0.1) is 6.92 Å². The maximum atomic E-state index is 14.0. The molecule has 0 saturated heterocycles. The van der Waals surface area contributed by atoms with Crippen LogP contribution in [0.3, 0.4) is 0 Å². The van der Waals surface area contributed by atoms with Gasteiger partial charge in [0.05, 0.1) is 17.7 Å². The highest BCUT2D eigenvalue weighted by Crippen LogP contribution is 2.27. The topological polar surface area (TPSA) is 96.0 Å². The summed E-state index contributed by atoms with van der Waals surface area (Å²) in [6, 6.07) is 19.5. The molecule has 0 bridgehead atoms. The van der Waals surface area contributed by atoms with Gasteiger partial charge in [-0.25, -0.2) is 8.42 Å².